The number of nitrogens with zero attached hydrogens (tertiary/aromatic N) is 3. The summed E-state index contributed by atoms with van der Waals surface area (Å²) in [4.78, 5) is 37.2. The van der Waals surface area contributed by atoms with E-state index in [1.807, 2.05) is 30.0 Å². The van der Waals surface area contributed by atoms with E-state index >= 15 is 0 Å². The van der Waals surface area contributed by atoms with Crippen molar-refractivity contribution in [3.05, 3.63) is 57.5 Å². The van der Waals surface area contributed by atoms with E-state index in [1.165, 1.54) is 5.56 Å². The van der Waals surface area contributed by atoms with E-state index in [9.17, 15) is 9.59 Å². The number of aromatic amines is 1. The molecular formula is C22H28N4O2. The van der Waals surface area contributed by atoms with Crippen LogP contribution in [0.5, 0.6) is 0 Å². The molecule has 1 unspecified atom stereocenters. The van der Waals surface area contributed by atoms with Crippen LogP contribution in [0.15, 0.2) is 35.1 Å². The number of hydrogen-bond donors (Lipinski definition) is 1. The van der Waals surface area contributed by atoms with Crippen LogP contribution in [-0.2, 0) is 17.6 Å². The van der Waals surface area contributed by atoms with Crippen LogP contribution in [0, 0.1) is 6.92 Å². The van der Waals surface area contributed by atoms with Gasteiger partial charge in [0.2, 0.25) is 11.9 Å². The Labute approximate surface area is 165 Å². The van der Waals surface area contributed by atoms with E-state index in [4.69, 9.17) is 0 Å². The molecule has 1 atom stereocenters. The predicted octanol–water partition coefficient (Wildman–Crippen LogP) is 2.45. The number of amides is 1. The molecule has 148 valence electrons. The molecule has 1 N–H and O–H groups in total. The van der Waals surface area contributed by atoms with Crippen LogP contribution in [0.2, 0.25) is 0 Å². The Balaban J connectivity index is 1.47. The number of rotatable bonds is 5. The molecular weight excluding hydrogens is 352 g/mol. The van der Waals surface area contributed by atoms with Gasteiger partial charge in [0.25, 0.3) is 5.56 Å². The molecule has 2 saturated heterocycles. The lowest BCUT2D eigenvalue weighted by Gasteiger charge is -2.25. The standard InChI is InChI=1S/C22H28N4O2/c1-16-19(21(28)24-22(23-16)25-11-5-6-12-25)15-20(27)26-13-7-10-18(26)14-17-8-3-2-4-9-17/h2-4,8-9,18H,5-7,10-15H2,1H3,(H,23,24,28). The summed E-state index contributed by atoms with van der Waals surface area (Å²) in [5.41, 5.74) is 2.23. The molecule has 4 rings (SSSR count). The zero-order valence-electron chi connectivity index (χ0n) is 16.5. The molecule has 2 aliphatic heterocycles. The number of aryl methyl sites for hydroxylation is 1. The molecule has 0 saturated carbocycles. The smallest absolute Gasteiger partial charge is 0.256 e. The van der Waals surface area contributed by atoms with Gasteiger partial charge in [-0.05, 0) is 44.6 Å². The van der Waals surface area contributed by atoms with E-state index in [2.05, 4.69) is 27.0 Å². The topological polar surface area (TPSA) is 69.3 Å². The first kappa shape index (κ1) is 18.7. The van der Waals surface area contributed by atoms with Crippen molar-refractivity contribution < 1.29 is 4.79 Å². The van der Waals surface area contributed by atoms with Gasteiger partial charge in [0.15, 0.2) is 0 Å². The lowest BCUT2D eigenvalue weighted by atomic mass is 10.0. The molecule has 0 radical (unpaired) electrons. The van der Waals surface area contributed by atoms with Crippen molar-refractivity contribution >= 4 is 11.9 Å². The van der Waals surface area contributed by atoms with Gasteiger partial charge < -0.3 is 9.80 Å². The maximum atomic E-state index is 13.0. The number of anilines is 1. The highest BCUT2D eigenvalue weighted by atomic mass is 16.2. The maximum Gasteiger partial charge on any atom is 0.256 e. The van der Waals surface area contributed by atoms with Crippen LogP contribution in [-0.4, -0.2) is 46.5 Å². The summed E-state index contributed by atoms with van der Waals surface area (Å²) in [6, 6.07) is 10.5. The van der Waals surface area contributed by atoms with Crippen molar-refractivity contribution in [1.82, 2.24) is 14.9 Å². The fourth-order valence-corrected chi connectivity index (χ4v) is 4.40. The molecule has 0 spiro atoms. The highest BCUT2D eigenvalue weighted by Crippen LogP contribution is 2.22. The van der Waals surface area contributed by atoms with Gasteiger partial charge in [0.1, 0.15) is 0 Å². The first-order valence-electron chi connectivity index (χ1n) is 10.3. The zero-order valence-corrected chi connectivity index (χ0v) is 16.5. The summed E-state index contributed by atoms with van der Waals surface area (Å²) in [5.74, 6) is 0.669. The second kappa shape index (κ2) is 8.17. The molecule has 6 heteroatoms. The molecule has 6 nitrogen and oxygen atoms in total. The Bertz CT molecular complexity index is 887. The van der Waals surface area contributed by atoms with Crippen LogP contribution >= 0.6 is 0 Å². The second-order valence-corrected chi connectivity index (χ2v) is 7.90. The van der Waals surface area contributed by atoms with Gasteiger partial charge in [0, 0.05) is 31.2 Å². The van der Waals surface area contributed by atoms with Crippen LogP contribution in [0.4, 0.5) is 5.95 Å². The lowest BCUT2D eigenvalue weighted by molar-refractivity contribution is -0.131. The molecule has 2 aromatic rings. The summed E-state index contributed by atoms with van der Waals surface area (Å²) in [6.45, 7) is 4.46. The molecule has 2 aliphatic rings. The number of H-pyrrole nitrogens is 1. The number of hydrogen-bond acceptors (Lipinski definition) is 4. The molecule has 0 bridgehead atoms. The van der Waals surface area contributed by atoms with Crippen molar-refractivity contribution in [1.29, 1.82) is 0 Å². The van der Waals surface area contributed by atoms with E-state index in [-0.39, 0.29) is 23.9 Å². The van der Waals surface area contributed by atoms with E-state index in [0.29, 0.717) is 17.2 Å². The molecule has 28 heavy (non-hydrogen) atoms. The Morgan fingerprint density at radius 3 is 2.61 bits per heavy atom. The summed E-state index contributed by atoms with van der Waals surface area (Å²) in [7, 11) is 0. The Hall–Kier alpha value is -2.63. The summed E-state index contributed by atoms with van der Waals surface area (Å²) in [5, 5.41) is 0. The third-order valence-electron chi connectivity index (χ3n) is 5.95. The minimum absolute atomic E-state index is 0.0303. The number of carbonyl (C=O) groups excluding carboxylic acids is 1. The average Bonchev–Trinajstić information content (AvgIpc) is 3.37. The minimum atomic E-state index is -0.179. The third-order valence-corrected chi connectivity index (χ3v) is 5.95. The van der Waals surface area contributed by atoms with E-state index in [0.717, 1.165) is 51.7 Å². The second-order valence-electron chi connectivity index (χ2n) is 7.90. The van der Waals surface area contributed by atoms with Gasteiger partial charge in [0.05, 0.1) is 12.1 Å². The van der Waals surface area contributed by atoms with Crippen LogP contribution < -0.4 is 10.5 Å². The highest BCUT2D eigenvalue weighted by Gasteiger charge is 2.29. The Morgan fingerprint density at radius 1 is 1.14 bits per heavy atom. The normalized spacial score (nSPS) is 19.4. The molecule has 1 aromatic heterocycles. The summed E-state index contributed by atoms with van der Waals surface area (Å²) < 4.78 is 0. The van der Waals surface area contributed by atoms with Gasteiger partial charge in [-0.3, -0.25) is 14.6 Å². The molecule has 1 aromatic carbocycles. The molecule has 0 aliphatic carbocycles. The molecule has 1 amide bonds. The van der Waals surface area contributed by atoms with Crippen LogP contribution in [0.25, 0.3) is 0 Å². The first-order valence-corrected chi connectivity index (χ1v) is 10.3. The van der Waals surface area contributed by atoms with Crippen molar-refractivity contribution in [3.8, 4) is 0 Å². The van der Waals surface area contributed by atoms with Crippen LogP contribution in [0.3, 0.4) is 0 Å². The predicted molar refractivity (Wildman–Crippen MR) is 110 cm³/mol. The molecule has 2 fully saturated rings. The van der Waals surface area contributed by atoms with Crippen LogP contribution in [0.1, 0.15) is 42.5 Å². The maximum absolute atomic E-state index is 13.0. The van der Waals surface area contributed by atoms with Gasteiger partial charge in [-0.25, -0.2) is 4.98 Å². The Morgan fingerprint density at radius 2 is 1.89 bits per heavy atom. The lowest BCUT2D eigenvalue weighted by Crippen LogP contribution is -2.39. The number of nitrogens with one attached hydrogen (secondary N) is 1. The Kier molecular flexibility index (Phi) is 5.46. The van der Waals surface area contributed by atoms with Crippen molar-refractivity contribution in [2.75, 3.05) is 24.5 Å². The number of benzene rings is 1. The molecule has 3 heterocycles. The first-order chi connectivity index (χ1) is 13.6. The van der Waals surface area contributed by atoms with Gasteiger partial charge >= 0.3 is 0 Å². The van der Waals surface area contributed by atoms with Crippen molar-refractivity contribution in [2.45, 2.75) is 51.5 Å². The van der Waals surface area contributed by atoms with E-state index < -0.39 is 0 Å². The quantitative estimate of drug-likeness (QED) is 0.865. The van der Waals surface area contributed by atoms with Gasteiger partial charge in [-0.2, -0.15) is 0 Å². The third kappa shape index (κ3) is 3.96. The summed E-state index contributed by atoms with van der Waals surface area (Å²) >= 11 is 0. The number of carbonyl (C=O) groups is 1. The number of aromatic nitrogens is 2. The largest absolute Gasteiger partial charge is 0.342 e. The zero-order chi connectivity index (χ0) is 19.5. The van der Waals surface area contributed by atoms with Crippen molar-refractivity contribution in [2.24, 2.45) is 0 Å². The fraction of sp³-hybridized carbons (Fsp3) is 0.500. The fourth-order valence-electron chi connectivity index (χ4n) is 4.40. The average molecular weight is 380 g/mol. The summed E-state index contributed by atoms with van der Waals surface area (Å²) in [6.07, 6.45) is 5.28. The van der Waals surface area contributed by atoms with Gasteiger partial charge in [-0.15, -0.1) is 0 Å². The minimum Gasteiger partial charge on any atom is -0.342 e. The number of likely N-dealkylation sites (tertiary alicyclic amines) is 1. The highest BCUT2D eigenvalue weighted by molar-refractivity contribution is 5.79. The monoisotopic (exact) mass is 380 g/mol. The van der Waals surface area contributed by atoms with Crippen molar-refractivity contribution in [3.63, 3.8) is 0 Å². The SMILES string of the molecule is Cc1nc(N2CCCC2)[nH]c(=O)c1CC(=O)N1CCCC1Cc1ccccc1. The van der Waals surface area contributed by atoms with Gasteiger partial charge in [-0.1, -0.05) is 30.3 Å². The van der Waals surface area contributed by atoms with E-state index in [1.54, 1.807) is 0 Å².